The Morgan fingerprint density at radius 3 is 2.86 bits per heavy atom. The third kappa shape index (κ3) is 4.00. The number of rotatable bonds is 5. The van der Waals surface area contributed by atoms with Crippen LogP contribution in [0.5, 0.6) is 0 Å². The minimum absolute atomic E-state index is 0.303. The number of nitrogens with zero attached hydrogens (tertiary/aromatic N) is 2. The van der Waals surface area contributed by atoms with E-state index in [0.717, 1.165) is 5.69 Å². The zero-order valence-electron chi connectivity index (χ0n) is 8.33. The Bertz CT molecular complexity index is 265. The van der Waals surface area contributed by atoms with E-state index in [1.165, 1.54) is 0 Å². The van der Waals surface area contributed by atoms with E-state index in [-0.39, 0.29) is 0 Å². The third-order valence-corrected chi connectivity index (χ3v) is 1.94. The lowest BCUT2D eigenvalue weighted by Gasteiger charge is -2.11. The van der Waals surface area contributed by atoms with Gasteiger partial charge in [-0.2, -0.15) is 5.10 Å². The van der Waals surface area contributed by atoms with Crippen molar-refractivity contribution in [1.82, 2.24) is 15.5 Å². The number of nitrogens with one attached hydrogen (secondary N) is 1. The minimum Gasteiger partial charge on any atom is -0.383 e. The molecule has 0 radical (unpaired) electrons. The largest absolute Gasteiger partial charge is 0.383 e. The molecule has 1 N–H and O–H groups in total. The number of aromatic nitrogens is 2. The summed E-state index contributed by atoms with van der Waals surface area (Å²) in [5.74, 6) is 0. The molecule has 0 fully saturated rings. The van der Waals surface area contributed by atoms with Crippen LogP contribution in [0.25, 0.3) is 0 Å². The van der Waals surface area contributed by atoms with Crippen molar-refractivity contribution in [3.05, 3.63) is 23.0 Å². The Morgan fingerprint density at radius 1 is 1.50 bits per heavy atom. The second kappa shape index (κ2) is 5.90. The molecule has 5 heteroatoms. The Morgan fingerprint density at radius 2 is 2.29 bits per heavy atom. The van der Waals surface area contributed by atoms with E-state index in [0.29, 0.717) is 24.3 Å². The summed E-state index contributed by atoms with van der Waals surface area (Å²) in [6.07, 6.45) is 0. The number of ether oxygens (including phenoxy) is 1. The SMILES string of the molecule is COCC(C)NCc1ccc(Cl)nn1. The standard InChI is InChI=1S/C9H14ClN3O/c1-7(6-14-2)11-5-8-3-4-9(10)13-12-8/h3-4,7,11H,5-6H2,1-2H3. The van der Waals surface area contributed by atoms with Crippen LogP contribution in [0.1, 0.15) is 12.6 Å². The fourth-order valence-electron chi connectivity index (χ4n) is 1.03. The van der Waals surface area contributed by atoms with Crippen molar-refractivity contribution < 1.29 is 4.74 Å². The molecule has 1 aromatic rings. The van der Waals surface area contributed by atoms with Gasteiger partial charge >= 0.3 is 0 Å². The molecular weight excluding hydrogens is 202 g/mol. The molecule has 0 aromatic carbocycles. The van der Waals surface area contributed by atoms with Gasteiger partial charge in [-0.3, -0.25) is 0 Å². The van der Waals surface area contributed by atoms with Crippen molar-refractivity contribution in [2.75, 3.05) is 13.7 Å². The first kappa shape index (κ1) is 11.4. The molecule has 1 aromatic heterocycles. The van der Waals surface area contributed by atoms with Crippen molar-refractivity contribution in [2.45, 2.75) is 19.5 Å². The van der Waals surface area contributed by atoms with E-state index in [1.807, 2.05) is 13.0 Å². The van der Waals surface area contributed by atoms with Crippen molar-refractivity contribution >= 4 is 11.6 Å². The smallest absolute Gasteiger partial charge is 0.151 e. The van der Waals surface area contributed by atoms with Crippen LogP contribution in [-0.2, 0) is 11.3 Å². The monoisotopic (exact) mass is 215 g/mol. The zero-order chi connectivity index (χ0) is 10.4. The molecule has 78 valence electrons. The molecule has 0 amide bonds. The predicted octanol–water partition coefficient (Wildman–Crippen LogP) is 1.25. The number of hydrogen-bond donors (Lipinski definition) is 1. The van der Waals surface area contributed by atoms with E-state index in [9.17, 15) is 0 Å². The summed E-state index contributed by atoms with van der Waals surface area (Å²) in [6.45, 7) is 3.41. The van der Waals surface area contributed by atoms with Crippen LogP contribution >= 0.6 is 11.6 Å². The Balaban J connectivity index is 2.34. The van der Waals surface area contributed by atoms with E-state index in [2.05, 4.69) is 15.5 Å². The van der Waals surface area contributed by atoms with Gasteiger partial charge in [0.1, 0.15) is 0 Å². The first-order chi connectivity index (χ1) is 6.72. The van der Waals surface area contributed by atoms with E-state index >= 15 is 0 Å². The van der Waals surface area contributed by atoms with Gasteiger partial charge < -0.3 is 10.1 Å². The van der Waals surface area contributed by atoms with E-state index in [4.69, 9.17) is 16.3 Å². The average Bonchev–Trinajstić information content (AvgIpc) is 2.17. The second-order valence-corrected chi connectivity index (χ2v) is 3.47. The zero-order valence-corrected chi connectivity index (χ0v) is 9.08. The lowest BCUT2D eigenvalue weighted by Crippen LogP contribution is -2.29. The lowest BCUT2D eigenvalue weighted by atomic mass is 10.3. The summed E-state index contributed by atoms with van der Waals surface area (Å²) in [6, 6.07) is 3.88. The van der Waals surface area contributed by atoms with Crippen molar-refractivity contribution in [3.63, 3.8) is 0 Å². The molecule has 0 aliphatic carbocycles. The number of halogens is 1. The maximum Gasteiger partial charge on any atom is 0.151 e. The normalized spacial score (nSPS) is 12.8. The highest BCUT2D eigenvalue weighted by Crippen LogP contribution is 2.01. The summed E-state index contributed by atoms with van der Waals surface area (Å²) in [4.78, 5) is 0. The molecule has 0 bridgehead atoms. The van der Waals surface area contributed by atoms with Crippen LogP contribution in [0.4, 0.5) is 0 Å². The molecule has 0 saturated carbocycles. The summed E-state index contributed by atoms with van der Waals surface area (Å²) in [5, 5.41) is 11.3. The molecule has 14 heavy (non-hydrogen) atoms. The maximum atomic E-state index is 5.61. The van der Waals surface area contributed by atoms with Crippen molar-refractivity contribution in [1.29, 1.82) is 0 Å². The second-order valence-electron chi connectivity index (χ2n) is 3.08. The quantitative estimate of drug-likeness (QED) is 0.803. The molecular formula is C9H14ClN3O. The highest BCUT2D eigenvalue weighted by atomic mass is 35.5. The van der Waals surface area contributed by atoms with Crippen LogP contribution in [-0.4, -0.2) is 30.0 Å². The predicted molar refractivity (Wildman–Crippen MR) is 55.2 cm³/mol. The third-order valence-electron chi connectivity index (χ3n) is 1.74. The van der Waals surface area contributed by atoms with Crippen LogP contribution in [0.2, 0.25) is 5.15 Å². The Labute approximate surface area is 88.6 Å². The van der Waals surface area contributed by atoms with Crippen molar-refractivity contribution in [2.24, 2.45) is 0 Å². The average molecular weight is 216 g/mol. The van der Waals surface area contributed by atoms with Crippen LogP contribution in [0, 0.1) is 0 Å². The Kier molecular flexibility index (Phi) is 4.79. The molecule has 1 heterocycles. The topological polar surface area (TPSA) is 47.0 Å². The summed E-state index contributed by atoms with van der Waals surface area (Å²) < 4.78 is 4.99. The van der Waals surface area contributed by atoms with Gasteiger partial charge in [-0.15, -0.1) is 5.10 Å². The van der Waals surface area contributed by atoms with Crippen LogP contribution in [0.15, 0.2) is 12.1 Å². The number of hydrogen-bond acceptors (Lipinski definition) is 4. The van der Waals surface area contributed by atoms with Gasteiger partial charge in [-0.1, -0.05) is 11.6 Å². The van der Waals surface area contributed by atoms with Gasteiger partial charge in [0, 0.05) is 19.7 Å². The van der Waals surface area contributed by atoms with E-state index in [1.54, 1.807) is 13.2 Å². The summed E-state index contributed by atoms with van der Waals surface area (Å²) >= 11 is 5.61. The highest BCUT2D eigenvalue weighted by molar-refractivity contribution is 6.29. The van der Waals surface area contributed by atoms with Crippen LogP contribution in [0.3, 0.4) is 0 Å². The number of methoxy groups -OCH3 is 1. The molecule has 0 aliphatic heterocycles. The molecule has 0 spiro atoms. The van der Waals surface area contributed by atoms with Gasteiger partial charge in [0.2, 0.25) is 0 Å². The van der Waals surface area contributed by atoms with Gasteiger partial charge in [0.25, 0.3) is 0 Å². The first-order valence-corrected chi connectivity index (χ1v) is 4.80. The fourth-order valence-corrected chi connectivity index (χ4v) is 1.13. The maximum absolute atomic E-state index is 5.61. The van der Waals surface area contributed by atoms with Gasteiger partial charge in [0.15, 0.2) is 5.15 Å². The molecule has 0 saturated heterocycles. The first-order valence-electron chi connectivity index (χ1n) is 4.43. The van der Waals surface area contributed by atoms with E-state index < -0.39 is 0 Å². The van der Waals surface area contributed by atoms with Gasteiger partial charge in [-0.05, 0) is 19.1 Å². The molecule has 1 unspecified atom stereocenters. The summed E-state index contributed by atoms with van der Waals surface area (Å²) in [5.41, 5.74) is 0.873. The molecule has 0 aliphatic rings. The fraction of sp³-hybridized carbons (Fsp3) is 0.556. The molecule has 4 nitrogen and oxygen atoms in total. The van der Waals surface area contributed by atoms with Crippen LogP contribution < -0.4 is 5.32 Å². The Hall–Kier alpha value is -0.710. The van der Waals surface area contributed by atoms with Gasteiger partial charge in [0.05, 0.1) is 12.3 Å². The summed E-state index contributed by atoms with van der Waals surface area (Å²) in [7, 11) is 1.68. The molecule has 1 rings (SSSR count). The molecule has 1 atom stereocenters. The highest BCUT2D eigenvalue weighted by Gasteiger charge is 2.01. The van der Waals surface area contributed by atoms with Crippen molar-refractivity contribution in [3.8, 4) is 0 Å². The van der Waals surface area contributed by atoms with Gasteiger partial charge in [-0.25, -0.2) is 0 Å². The lowest BCUT2D eigenvalue weighted by molar-refractivity contribution is 0.171. The minimum atomic E-state index is 0.303.